The van der Waals surface area contributed by atoms with E-state index in [-0.39, 0.29) is 12.1 Å². The van der Waals surface area contributed by atoms with E-state index >= 15 is 0 Å². The van der Waals surface area contributed by atoms with E-state index in [4.69, 9.17) is 4.74 Å². The highest BCUT2D eigenvalue weighted by Gasteiger charge is 2.36. The molecule has 0 radical (unpaired) electrons. The zero-order chi connectivity index (χ0) is 13.9. The third kappa shape index (κ3) is 3.37. The Balaban J connectivity index is 1.98. The average Bonchev–Trinajstić information content (AvgIpc) is 2.39. The molecule has 1 aromatic carbocycles. The highest BCUT2D eigenvalue weighted by molar-refractivity contribution is 5.89. The average molecular weight is 260 g/mol. The lowest BCUT2D eigenvalue weighted by Crippen LogP contribution is -2.35. The monoisotopic (exact) mass is 260 g/mol. The minimum atomic E-state index is -0.182. The van der Waals surface area contributed by atoms with Gasteiger partial charge in [-0.05, 0) is 49.1 Å². The predicted octanol–water partition coefficient (Wildman–Crippen LogP) is 4.45. The summed E-state index contributed by atoms with van der Waals surface area (Å²) in [6, 6.07) is 9.28. The molecule has 0 spiro atoms. The quantitative estimate of drug-likeness (QED) is 0.751. The van der Waals surface area contributed by atoms with Crippen molar-refractivity contribution in [1.29, 1.82) is 0 Å². The Labute approximate surface area is 116 Å². The topological polar surface area (TPSA) is 26.3 Å². The smallest absolute Gasteiger partial charge is 0.338 e. The number of benzene rings is 1. The van der Waals surface area contributed by atoms with Crippen LogP contribution in [0.2, 0.25) is 0 Å². The zero-order valence-electron chi connectivity index (χ0n) is 12.2. The van der Waals surface area contributed by atoms with E-state index in [2.05, 4.69) is 20.8 Å². The summed E-state index contributed by atoms with van der Waals surface area (Å²) >= 11 is 0. The van der Waals surface area contributed by atoms with Gasteiger partial charge in [-0.25, -0.2) is 4.79 Å². The van der Waals surface area contributed by atoms with Crippen molar-refractivity contribution < 1.29 is 9.53 Å². The van der Waals surface area contributed by atoms with Gasteiger partial charge in [0, 0.05) is 0 Å². The Morgan fingerprint density at radius 1 is 1.32 bits per heavy atom. The summed E-state index contributed by atoms with van der Waals surface area (Å²) in [4.78, 5) is 12.1. The van der Waals surface area contributed by atoms with E-state index in [9.17, 15) is 4.79 Å². The Kier molecular flexibility index (Phi) is 4.28. The first-order valence-electron chi connectivity index (χ1n) is 7.27. The summed E-state index contributed by atoms with van der Waals surface area (Å²) < 4.78 is 5.68. The molecule has 1 aliphatic rings. The first kappa shape index (κ1) is 14.1. The van der Waals surface area contributed by atoms with Crippen LogP contribution in [0.15, 0.2) is 30.3 Å². The molecule has 2 unspecified atom stereocenters. The minimum Gasteiger partial charge on any atom is -0.459 e. The van der Waals surface area contributed by atoms with Gasteiger partial charge in [-0.15, -0.1) is 0 Å². The van der Waals surface area contributed by atoms with Gasteiger partial charge in [0.25, 0.3) is 0 Å². The molecule has 0 amide bonds. The summed E-state index contributed by atoms with van der Waals surface area (Å²) in [5.41, 5.74) is 0.958. The van der Waals surface area contributed by atoms with Gasteiger partial charge in [-0.2, -0.15) is 0 Å². The lowest BCUT2D eigenvalue weighted by atomic mass is 9.67. The summed E-state index contributed by atoms with van der Waals surface area (Å²) in [5.74, 6) is 0.448. The molecule has 2 rings (SSSR count). The van der Waals surface area contributed by atoms with Crippen molar-refractivity contribution in [3.63, 3.8) is 0 Å². The minimum absolute atomic E-state index is 0.0776. The number of hydrogen-bond donors (Lipinski definition) is 0. The number of rotatable bonds is 3. The van der Waals surface area contributed by atoms with Gasteiger partial charge >= 0.3 is 5.97 Å². The fraction of sp³-hybridized carbons (Fsp3) is 0.588. The molecule has 0 bridgehead atoms. The van der Waals surface area contributed by atoms with Crippen LogP contribution in [0, 0.1) is 11.3 Å². The fourth-order valence-electron chi connectivity index (χ4n) is 2.88. The maximum atomic E-state index is 12.1. The highest BCUT2D eigenvalue weighted by atomic mass is 16.5. The largest absolute Gasteiger partial charge is 0.459 e. The summed E-state index contributed by atoms with van der Waals surface area (Å²) in [6.45, 7) is 6.85. The maximum absolute atomic E-state index is 12.1. The molecule has 104 valence electrons. The second-order valence-corrected chi connectivity index (χ2v) is 6.30. The lowest BCUT2D eigenvalue weighted by molar-refractivity contribution is -0.00991. The third-order valence-electron chi connectivity index (χ3n) is 4.65. The van der Waals surface area contributed by atoms with Crippen LogP contribution < -0.4 is 0 Å². The van der Waals surface area contributed by atoms with Gasteiger partial charge in [0.15, 0.2) is 0 Å². The summed E-state index contributed by atoms with van der Waals surface area (Å²) in [5, 5.41) is 0. The standard InChI is InChI=1S/C17H24O2/c1-13(2)17(3)11-7-10-15(12-17)19-16(18)14-8-5-4-6-9-14/h4-6,8-9,13,15H,7,10-12H2,1-3H3. The van der Waals surface area contributed by atoms with Gasteiger partial charge in [0.05, 0.1) is 5.56 Å². The van der Waals surface area contributed by atoms with Gasteiger partial charge in [-0.1, -0.05) is 39.0 Å². The van der Waals surface area contributed by atoms with Crippen molar-refractivity contribution in [3.05, 3.63) is 35.9 Å². The van der Waals surface area contributed by atoms with Crippen molar-refractivity contribution in [2.24, 2.45) is 11.3 Å². The molecule has 0 aromatic heterocycles. The zero-order valence-corrected chi connectivity index (χ0v) is 12.2. The van der Waals surface area contributed by atoms with Crippen LogP contribution in [0.5, 0.6) is 0 Å². The van der Waals surface area contributed by atoms with E-state index in [0.717, 1.165) is 19.3 Å². The normalized spacial score (nSPS) is 27.3. The molecule has 0 heterocycles. The number of carbonyl (C=O) groups excluding carboxylic acids is 1. The Morgan fingerprint density at radius 2 is 2.00 bits per heavy atom. The van der Waals surface area contributed by atoms with Crippen LogP contribution in [0.3, 0.4) is 0 Å². The molecular weight excluding hydrogens is 236 g/mol. The third-order valence-corrected chi connectivity index (χ3v) is 4.65. The molecule has 2 heteroatoms. The predicted molar refractivity (Wildman–Crippen MR) is 77.1 cm³/mol. The van der Waals surface area contributed by atoms with E-state index in [1.165, 1.54) is 6.42 Å². The van der Waals surface area contributed by atoms with Crippen molar-refractivity contribution >= 4 is 5.97 Å². The highest BCUT2D eigenvalue weighted by Crippen LogP contribution is 2.42. The molecule has 1 aromatic rings. The molecule has 19 heavy (non-hydrogen) atoms. The number of hydrogen-bond acceptors (Lipinski definition) is 2. The first-order chi connectivity index (χ1) is 9.01. The maximum Gasteiger partial charge on any atom is 0.338 e. The van der Waals surface area contributed by atoms with Gasteiger partial charge in [0.2, 0.25) is 0 Å². The van der Waals surface area contributed by atoms with Gasteiger partial charge in [-0.3, -0.25) is 0 Å². The molecular formula is C17H24O2. The second kappa shape index (κ2) is 5.77. The molecule has 0 saturated heterocycles. The van der Waals surface area contributed by atoms with Gasteiger partial charge in [0.1, 0.15) is 6.10 Å². The van der Waals surface area contributed by atoms with Crippen LogP contribution in [-0.4, -0.2) is 12.1 Å². The Morgan fingerprint density at radius 3 is 2.63 bits per heavy atom. The van der Waals surface area contributed by atoms with E-state index in [1.807, 2.05) is 30.3 Å². The van der Waals surface area contributed by atoms with Crippen molar-refractivity contribution in [1.82, 2.24) is 0 Å². The van der Waals surface area contributed by atoms with Crippen molar-refractivity contribution in [2.45, 2.75) is 52.6 Å². The molecule has 1 fully saturated rings. The number of ether oxygens (including phenoxy) is 1. The van der Waals surface area contributed by atoms with Crippen LogP contribution in [0.4, 0.5) is 0 Å². The van der Waals surface area contributed by atoms with Crippen molar-refractivity contribution in [3.8, 4) is 0 Å². The first-order valence-corrected chi connectivity index (χ1v) is 7.27. The fourth-order valence-corrected chi connectivity index (χ4v) is 2.88. The molecule has 1 saturated carbocycles. The molecule has 0 aliphatic heterocycles. The molecule has 2 atom stereocenters. The van der Waals surface area contributed by atoms with Crippen LogP contribution in [-0.2, 0) is 4.74 Å². The number of carbonyl (C=O) groups is 1. The summed E-state index contributed by atoms with van der Waals surface area (Å²) in [6.07, 6.45) is 4.46. The van der Waals surface area contributed by atoms with Crippen LogP contribution in [0.25, 0.3) is 0 Å². The van der Waals surface area contributed by atoms with E-state index < -0.39 is 0 Å². The summed E-state index contributed by atoms with van der Waals surface area (Å²) in [7, 11) is 0. The van der Waals surface area contributed by atoms with Gasteiger partial charge < -0.3 is 4.74 Å². The Bertz CT molecular complexity index is 424. The van der Waals surface area contributed by atoms with E-state index in [0.29, 0.717) is 16.9 Å². The SMILES string of the molecule is CC(C)C1(C)CCCC(OC(=O)c2ccccc2)C1. The Hall–Kier alpha value is -1.31. The van der Waals surface area contributed by atoms with Crippen LogP contribution in [0.1, 0.15) is 56.8 Å². The molecule has 1 aliphatic carbocycles. The molecule has 0 N–H and O–H groups in total. The number of esters is 1. The second-order valence-electron chi connectivity index (χ2n) is 6.30. The van der Waals surface area contributed by atoms with Crippen molar-refractivity contribution in [2.75, 3.05) is 0 Å². The lowest BCUT2D eigenvalue weighted by Gasteiger charge is -2.40. The van der Waals surface area contributed by atoms with Crippen LogP contribution >= 0.6 is 0 Å². The molecule has 2 nitrogen and oxygen atoms in total. The van der Waals surface area contributed by atoms with E-state index in [1.54, 1.807) is 0 Å².